The van der Waals surface area contributed by atoms with Gasteiger partial charge in [-0.3, -0.25) is 9.59 Å². The van der Waals surface area contributed by atoms with E-state index in [2.05, 4.69) is 17.4 Å². The van der Waals surface area contributed by atoms with Crippen LogP contribution >= 0.6 is 0 Å². The van der Waals surface area contributed by atoms with Crippen LogP contribution in [0.4, 0.5) is 5.69 Å². The van der Waals surface area contributed by atoms with Crippen molar-refractivity contribution in [1.29, 1.82) is 0 Å². The number of fused-ring (bicyclic) bond motifs is 2. The van der Waals surface area contributed by atoms with Crippen molar-refractivity contribution in [2.45, 2.75) is 23.7 Å². The van der Waals surface area contributed by atoms with E-state index in [1.54, 1.807) is 0 Å². The highest BCUT2D eigenvalue weighted by Crippen LogP contribution is 2.60. The molecule has 3 atom stereocenters. The van der Waals surface area contributed by atoms with Gasteiger partial charge in [-0.1, -0.05) is 84.9 Å². The van der Waals surface area contributed by atoms with Gasteiger partial charge in [-0.25, -0.2) is 0 Å². The molecular weight excluding hydrogens is 358 g/mol. The fourth-order valence-electron chi connectivity index (χ4n) is 5.26. The predicted molar refractivity (Wildman–Crippen MR) is 114 cm³/mol. The molecule has 142 valence electrons. The van der Waals surface area contributed by atoms with Crippen molar-refractivity contribution in [2.75, 3.05) is 5.32 Å². The third-order valence-corrected chi connectivity index (χ3v) is 6.40. The van der Waals surface area contributed by atoms with Crippen molar-refractivity contribution in [2.24, 2.45) is 0 Å². The molecule has 3 aromatic rings. The maximum atomic E-state index is 13.8. The molecular formula is C26H21NO2. The first-order chi connectivity index (χ1) is 14.3. The lowest BCUT2D eigenvalue weighted by atomic mass is 9.54. The highest BCUT2D eigenvalue weighted by molar-refractivity contribution is 6.09. The largest absolute Gasteiger partial charge is 0.325 e. The zero-order chi connectivity index (χ0) is 19.8. The van der Waals surface area contributed by atoms with E-state index in [1.807, 2.05) is 78.9 Å². The number of carbonyl (C=O) groups is 2. The van der Waals surface area contributed by atoms with Crippen molar-refractivity contribution < 1.29 is 9.59 Å². The zero-order valence-corrected chi connectivity index (χ0v) is 15.9. The highest BCUT2D eigenvalue weighted by atomic mass is 16.2. The molecule has 3 nitrogen and oxygen atoms in total. The summed E-state index contributed by atoms with van der Waals surface area (Å²) in [5.74, 6) is -0.445. The Hall–Kier alpha value is -3.46. The smallest absolute Gasteiger partial charge is 0.236 e. The summed E-state index contributed by atoms with van der Waals surface area (Å²) < 4.78 is 0. The fourth-order valence-corrected chi connectivity index (χ4v) is 5.26. The fraction of sp³-hybridized carbons (Fsp3) is 0.154. The molecule has 0 saturated carbocycles. The average Bonchev–Trinajstić information content (AvgIpc) is 3.07. The summed E-state index contributed by atoms with van der Waals surface area (Å²) in [6.07, 6.45) is 3.58. The van der Waals surface area contributed by atoms with Gasteiger partial charge in [0.2, 0.25) is 5.91 Å². The molecule has 2 aliphatic rings. The maximum Gasteiger partial charge on any atom is 0.236 e. The van der Waals surface area contributed by atoms with Crippen LogP contribution in [0.1, 0.15) is 34.9 Å². The summed E-state index contributed by atoms with van der Waals surface area (Å²) >= 11 is 0. The number of amides is 1. The summed E-state index contributed by atoms with van der Waals surface area (Å²) in [6.45, 7) is 0. The molecule has 0 aromatic heterocycles. The average molecular weight is 379 g/mol. The second-order valence-corrected chi connectivity index (χ2v) is 7.73. The second-order valence-electron chi connectivity index (χ2n) is 7.73. The Morgan fingerprint density at radius 1 is 0.828 bits per heavy atom. The number of nitrogens with one attached hydrogen (secondary N) is 1. The summed E-state index contributed by atoms with van der Waals surface area (Å²) in [5.41, 5.74) is 3.71. The summed E-state index contributed by atoms with van der Waals surface area (Å²) in [6, 6.07) is 28.0. The van der Waals surface area contributed by atoms with Crippen LogP contribution in [0.15, 0.2) is 96.6 Å². The minimum absolute atomic E-state index is 0.0335. The number of allylic oxidation sites excluding steroid dienone is 2. The van der Waals surface area contributed by atoms with Crippen LogP contribution in [-0.4, -0.2) is 12.2 Å². The molecule has 0 fully saturated rings. The third-order valence-electron chi connectivity index (χ3n) is 6.40. The van der Waals surface area contributed by atoms with Gasteiger partial charge >= 0.3 is 0 Å². The standard InChI is InChI=1S/C26H21NO2/c28-17-20-15-16-21(18-9-3-1-4-10-18)26(24(20)19-11-5-2-6-12-19)22-13-7-8-14-23(22)27-25(26)29/h1-15,17,21,24H,16H2,(H,27,29). The Labute approximate surface area is 170 Å². The molecule has 1 amide bonds. The number of benzene rings is 3. The van der Waals surface area contributed by atoms with Crippen LogP contribution in [0.2, 0.25) is 0 Å². The van der Waals surface area contributed by atoms with E-state index in [-0.39, 0.29) is 17.7 Å². The molecule has 1 aliphatic heterocycles. The van der Waals surface area contributed by atoms with E-state index in [0.717, 1.165) is 28.7 Å². The molecule has 3 unspecified atom stereocenters. The molecule has 1 heterocycles. The molecule has 3 aromatic carbocycles. The van der Waals surface area contributed by atoms with Gasteiger partial charge < -0.3 is 5.32 Å². The van der Waals surface area contributed by atoms with E-state index in [4.69, 9.17) is 0 Å². The monoisotopic (exact) mass is 379 g/mol. The Bertz CT molecular complexity index is 1100. The Balaban J connectivity index is 1.85. The molecule has 1 N–H and O–H groups in total. The Morgan fingerprint density at radius 3 is 2.14 bits per heavy atom. The number of hydrogen-bond acceptors (Lipinski definition) is 2. The number of aldehydes is 1. The van der Waals surface area contributed by atoms with Gasteiger partial charge in [-0.15, -0.1) is 0 Å². The number of carbonyl (C=O) groups excluding carboxylic acids is 2. The predicted octanol–water partition coefficient (Wildman–Crippen LogP) is 4.97. The van der Waals surface area contributed by atoms with Crippen molar-refractivity contribution in [3.05, 3.63) is 113 Å². The SMILES string of the molecule is O=CC1=CCC(c2ccccc2)C2(C(=O)Nc3ccccc32)C1c1ccccc1. The quantitative estimate of drug-likeness (QED) is 0.653. The normalized spacial score (nSPS) is 25.2. The van der Waals surface area contributed by atoms with Gasteiger partial charge in [0, 0.05) is 17.5 Å². The van der Waals surface area contributed by atoms with Crippen LogP contribution in [0.25, 0.3) is 0 Å². The van der Waals surface area contributed by atoms with E-state index >= 15 is 0 Å². The van der Waals surface area contributed by atoms with Crippen LogP contribution in [-0.2, 0) is 15.0 Å². The lowest BCUT2D eigenvalue weighted by Gasteiger charge is -2.45. The Kier molecular flexibility index (Phi) is 4.17. The van der Waals surface area contributed by atoms with Crippen LogP contribution in [0.3, 0.4) is 0 Å². The molecule has 0 bridgehead atoms. The second kappa shape index (κ2) is 6.85. The van der Waals surface area contributed by atoms with E-state index in [1.165, 1.54) is 0 Å². The first kappa shape index (κ1) is 17.6. The lowest BCUT2D eigenvalue weighted by Crippen LogP contribution is -2.48. The topological polar surface area (TPSA) is 46.2 Å². The molecule has 1 spiro atoms. The minimum Gasteiger partial charge on any atom is -0.325 e. The van der Waals surface area contributed by atoms with Gasteiger partial charge in [0.1, 0.15) is 6.29 Å². The van der Waals surface area contributed by atoms with Gasteiger partial charge in [0.25, 0.3) is 0 Å². The molecule has 5 rings (SSSR count). The minimum atomic E-state index is -0.871. The van der Waals surface area contributed by atoms with Gasteiger partial charge in [0.05, 0.1) is 5.41 Å². The van der Waals surface area contributed by atoms with Crippen LogP contribution < -0.4 is 5.32 Å². The van der Waals surface area contributed by atoms with Crippen LogP contribution in [0.5, 0.6) is 0 Å². The molecule has 0 saturated heterocycles. The molecule has 1 aliphatic carbocycles. The number of hydrogen-bond donors (Lipinski definition) is 1. The van der Waals surface area contributed by atoms with Gasteiger partial charge in [-0.05, 0) is 34.8 Å². The van der Waals surface area contributed by atoms with Crippen molar-refractivity contribution >= 4 is 17.9 Å². The lowest BCUT2D eigenvalue weighted by molar-refractivity contribution is -0.122. The van der Waals surface area contributed by atoms with Crippen LogP contribution in [0, 0.1) is 0 Å². The summed E-state index contributed by atoms with van der Waals surface area (Å²) in [5, 5.41) is 3.12. The van der Waals surface area contributed by atoms with Crippen molar-refractivity contribution in [1.82, 2.24) is 0 Å². The highest BCUT2D eigenvalue weighted by Gasteiger charge is 2.59. The van der Waals surface area contributed by atoms with Crippen molar-refractivity contribution in [3.8, 4) is 0 Å². The Morgan fingerprint density at radius 2 is 1.45 bits per heavy atom. The number of para-hydroxylation sites is 1. The first-order valence-corrected chi connectivity index (χ1v) is 9.93. The number of anilines is 1. The molecule has 0 radical (unpaired) electrons. The van der Waals surface area contributed by atoms with Gasteiger partial charge in [-0.2, -0.15) is 0 Å². The van der Waals surface area contributed by atoms with E-state index in [0.29, 0.717) is 12.0 Å². The summed E-state index contributed by atoms with van der Waals surface area (Å²) in [7, 11) is 0. The number of rotatable bonds is 3. The maximum absolute atomic E-state index is 13.8. The van der Waals surface area contributed by atoms with E-state index < -0.39 is 5.41 Å². The zero-order valence-electron chi connectivity index (χ0n) is 15.9. The molecule has 29 heavy (non-hydrogen) atoms. The third kappa shape index (κ3) is 2.51. The van der Waals surface area contributed by atoms with Crippen molar-refractivity contribution in [3.63, 3.8) is 0 Å². The first-order valence-electron chi connectivity index (χ1n) is 9.93. The molecule has 3 heteroatoms. The summed E-state index contributed by atoms with van der Waals surface area (Å²) in [4.78, 5) is 25.9. The van der Waals surface area contributed by atoms with Gasteiger partial charge in [0.15, 0.2) is 0 Å². The van der Waals surface area contributed by atoms with E-state index in [9.17, 15) is 9.59 Å².